The van der Waals surface area contributed by atoms with Gasteiger partial charge in [0.1, 0.15) is 5.65 Å². The molecule has 0 aliphatic carbocycles. The predicted octanol–water partition coefficient (Wildman–Crippen LogP) is 6.16. The molecule has 2 aromatic carbocycles. The lowest BCUT2D eigenvalue weighted by Gasteiger charge is -2.13. The number of rotatable bonds is 3. The lowest BCUT2D eigenvalue weighted by atomic mass is 9.94. The standard InChI is InChI=1S/C22H21N3S/c1-14(2)17-6-4-5-7-18(17)19-12-23-22(26)25-13-20(24-21(19)25)16-10-8-15(3)9-11-16/h4-14,24H,1-3H3. The van der Waals surface area contributed by atoms with Gasteiger partial charge in [0, 0.05) is 18.0 Å². The van der Waals surface area contributed by atoms with Crippen molar-refractivity contribution in [3.05, 3.63) is 76.8 Å². The van der Waals surface area contributed by atoms with Crippen molar-refractivity contribution in [3.8, 4) is 22.4 Å². The van der Waals surface area contributed by atoms with Crippen LogP contribution in [0, 0.1) is 11.7 Å². The summed E-state index contributed by atoms with van der Waals surface area (Å²) in [7, 11) is 0. The first-order chi connectivity index (χ1) is 12.5. The van der Waals surface area contributed by atoms with E-state index >= 15 is 0 Å². The number of aryl methyl sites for hydroxylation is 1. The quantitative estimate of drug-likeness (QED) is 0.445. The van der Waals surface area contributed by atoms with Gasteiger partial charge in [-0.3, -0.25) is 4.40 Å². The number of imidazole rings is 1. The predicted molar refractivity (Wildman–Crippen MR) is 110 cm³/mol. The molecule has 0 aliphatic heterocycles. The van der Waals surface area contributed by atoms with Crippen molar-refractivity contribution in [2.45, 2.75) is 26.7 Å². The highest BCUT2D eigenvalue weighted by Crippen LogP contribution is 2.32. The maximum Gasteiger partial charge on any atom is 0.205 e. The summed E-state index contributed by atoms with van der Waals surface area (Å²) in [6.45, 7) is 6.52. The van der Waals surface area contributed by atoms with Gasteiger partial charge < -0.3 is 4.98 Å². The minimum atomic E-state index is 0.431. The third-order valence-corrected chi connectivity index (χ3v) is 5.06. The van der Waals surface area contributed by atoms with Gasteiger partial charge in [0.2, 0.25) is 4.77 Å². The van der Waals surface area contributed by atoms with Crippen LogP contribution in [-0.4, -0.2) is 14.4 Å². The molecule has 0 spiro atoms. The molecular weight excluding hydrogens is 338 g/mol. The number of nitrogens with one attached hydrogen (secondary N) is 1. The Hall–Kier alpha value is -2.72. The monoisotopic (exact) mass is 359 g/mol. The Kier molecular flexibility index (Phi) is 4.21. The number of hydrogen-bond acceptors (Lipinski definition) is 2. The highest BCUT2D eigenvalue weighted by atomic mass is 32.1. The summed E-state index contributed by atoms with van der Waals surface area (Å²) in [6, 6.07) is 17.0. The number of benzene rings is 2. The molecule has 4 heteroatoms. The number of H-pyrrole nitrogens is 1. The number of nitrogens with zero attached hydrogens (tertiary/aromatic N) is 2. The lowest BCUT2D eigenvalue weighted by molar-refractivity contribution is 0.868. The first-order valence-corrected chi connectivity index (χ1v) is 9.22. The van der Waals surface area contributed by atoms with Gasteiger partial charge in [-0.15, -0.1) is 0 Å². The maximum absolute atomic E-state index is 5.46. The summed E-state index contributed by atoms with van der Waals surface area (Å²) < 4.78 is 2.53. The third-order valence-electron chi connectivity index (χ3n) is 4.75. The molecule has 1 N–H and O–H groups in total. The zero-order valence-corrected chi connectivity index (χ0v) is 16.0. The average Bonchev–Trinajstić information content (AvgIpc) is 3.09. The molecule has 0 bridgehead atoms. The lowest BCUT2D eigenvalue weighted by Crippen LogP contribution is -1.97. The molecule has 3 nitrogen and oxygen atoms in total. The van der Waals surface area contributed by atoms with Crippen LogP contribution in [0.25, 0.3) is 28.0 Å². The Bertz CT molecular complexity index is 1130. The molecule has 26 heavy (non-hydrogen) atoms. The topological polar surface area (TPSA) is 33.1 Å². The molecule has 130 valence electrons. The summed E-state index contributed by atoms with van der Waals surface area (Å²) in [6.07, 6.45) is 3.92. The van der Waals surface area contributed by atoms with Crippen LogP contribution in [0.4, 0.5) is 0 Å². The fraction of sp³-hybridized carbons (Fsp3) is 0.182. The Morgan fingerprint density at radius 3 is 2.46 bits per heavy atom. The summed E-state index contributed by atoms with van der Waals surface area (Å²) in [5.74, 6) is 0.431. The Balaban J connectivity index is 1.97. The van der Waals surface area contributed by atoms with Crippen LogP contribution in [0.3, 0.4) is 0 Å². The van der Waals surface area contributed by atoms with E-state index in [4.69, 9.17) is 12.2 Å². The second kappa shape index (κ2) is 6.54. The number of hydrogen-bond donors (Lipinski definition) is 1. The van der Waals surface area contributed by atoms with E-state index in [1.54, 1.807) is 0 Å². The molecular formula is C22H21N3S. The van der Waals surface area contributed by atoms with Crippen molar-refractivity contribution < 1.29 is 0 Å². The normalized spacial score (nSPS) is 11.4. The Labute approximate surface area is 158 Å². The van der Waals surface area contributed by atoms with Crippen LogP contribution >= 0.6 is 12.2 Å². The molecule has 0 aliphatic rings. The van der Waals surface area contributed by atoms with Crippen molar-refractivity contribution in [2.24, 2.45) is 0 Å². The van der Waals surface area contributed by atoms with Gasteiger partial charge in [-0.2, -0.15) is 0 Å². The van der Waals surface area contributed by atoms with Gasteiger partial charge in [0.15, 0.2) is 0 Å². The fourth-order valence-corrected chi connectivity index (χ4v) is 3.52. The van der Waals surface area contributed by atoms with Crippen molar-refractivity contribution in [3.63, 3.8) is 0 Å². The van der Waals surface area contributed by atoms with Crippen LogP contribution in [0.15, 0.2) is 60.9 Å². The van der Waals surface area contributed by atoms with Crippen molar-refractivity contribution in [1.82, 2.24) is 14.4 Å². The van der Waals surface area contributed by atoms with Crippen LogP contribution < -0.4 is 0 Å². The van der Waals surface area contributed by atoms with Crippen LogP contribution in [0.5, 0.6) is 0 Å². The zero-order chi connectivity index (χ0) is 18.3. The van der Waals surface area contributed by atoms with Crippen molar-refractivity contribution >= 4 is 17.9 Å². The highest BCUT2D eigenvalue weighted by molar-refractivity contribution is 7.71. The van der Waals surface area contributed by atoms with E-state index < -0.39 is 0 Å². The second-order valence-electron chi connectivity index (χ2n) is 6.95. The molecule has 2 aromatic heterocycles. The van der Waals surface area contributed by atoms with E-state index in [0.29, 0.717) is 10.7 Å². The van der Waals surface area contributed by atoms with Gasteiger partial charge in [-0.1, -0.05) is 67.9 Å². The number of aromatic nitrogens is 3. The molecule has 0 atom stereocenters. The molecule has 0 radical (unpaired) electrons. The van der Waals surface area contributed by atoms with E-state index in [0.717, 1.165) is 22.5 Å². The first-order valence-electron chi connectivity index (χ1n) is 8.81. The zero-order valence-electron chi connectivity index (χ0n) is 15.2. The number of aromatic amines is 1. The minimum Gasteiger partial charge on any atom is -0.339 e. The molecule has 0 unspecified atom stereocenters. The maximum atomic E-state index is 5.46. The molecule has 0 amide bonds. The molecule has 2 heterocycles. The fourth-order valence-electron chi connectivity index (χ4n) is 3.33. The molecule has 0 saturated heterocycles. The molecule has 0 saturated carbocycles. The SMILES string of the molecule is Cc1ccc(-c2cn3c(=S)ncc(-c4ccccc4C(C)C)c3[nH]2)cc1. The van der Waals surface area contributed by atoms with Gasteiger partial charge in [-0.05, 0) is 41.7 Å². The molecule has 4 aromatic rings. The van der Waals surface area contributed by atoms with Gasteiger partial charge >= 0.3 is 0 Å². The summed E-state index contributed by atoms with van der Waals surface area (Å²) in [5.41, 5.74) is 7.97. The van der Waals surface area contributed by atoms with Crippen LogP contribution in [0.1, 0.15) is 30.9 Å². The summed E-state index contributed by atoms with van der Waals surface area (Å²) in [5, 5.41) is 0. The van der Waals surface area contributed by atoms with Gasteiger partial charge in [-0.25, -0.2) is 4.98 Å². The first kappa shape index (κ1) is 16.7. The van der Waals surface area contributed by atoms with Gasteiger partial charge in [0.25, 0.3) is 0 Å². The Morgan fingerprint density at radius 2 is 1.73 bits per heavy atom. The molecule has 0 fully saturated rings. The largest absolute Gasteiger partial charge is 0.339 e. The average molecular weight is 359 g/mol. The van der Waals surface area contributed by atoms with Crippen LogP contribution in [0.2, 0.25) is 0 Å². The van der Waals surface area contributed by atoms with E-state index in [1.165, 1.54) is 16.7 Å². The van der Waals surface area contributed by atoms with Crippen molar-refractivity contribution in [1.29, 1.82) is 0 Å². The summed E-state index contributed by atoms with van der Waals surface area (Å²) >= 11 is 5.46. The Morgan fingerprint density at radius 1 is 1.00 bits per heavy atom. The third kappa shape index (κ3) is 2.86. The van der Waals surface area contributed by atoms with E-state index in [1.807, 2.05) is 16.8 Å². The van der Waals surface area contributed by atoms with Gasteiger partial charge in [0.05, 0.1) is 5.69 Å². The second-order valence-corrected chi connectivity index (χ2v) is 7.31. The molecule has 4 rings (SSSR count). The minimum absolute atomic E-state index is 0.431. The summed E-state index contributed by atoms with van der Waals surface area (Å²) in [4.78, 5) is 8.02. The van der Waals surface area contributed by atoms with Crippen molar-refractivity contribution in [2.75, 3.05) is 0 Å². The van der Waals surface area contributed by atoms with Crippen LogP contribution in [-0.2, 0) is 0 Å². The van der Waals surface area contributed by atoms with E-state index in [-0.39, 0.29) is 0 Å². The highest BCUT2D eigenvalue weighted by Gasteiger charge is 2.14. The number of fused-ring (bicyclic) bond motifs is 1. The van der Waals surface area contributed by atoms with E-state index in [9.17, 15) is 0 Å². The van der Waals surface area contributed by atoms with E-state index in [2.05, 4.69) is 79.3 Å². The smallest absolute Gasteiger partial charge is 0.205 e.